The average Bonchev–Trinajstić information content (AvgIpc) is 3.84. The van der Waals surface area contributed by atoms with Gasteiger partial charge in [0.25, 0.3) is 0 Å². The van der Waals surface area contributed by atoms with E-state index in [0.29, 0.717) is 0 Å². The predicted octanol–water partition coefficient (Wildman–Crippen LogP) is 12.3. The number of fused-ring (bicyclic) bond motifs is 13. The third-order valence-corrected chi connectivity index (χ3v) is 11.0. The monoisotopic (exact) mass is 643 g/mol. The average molecular weight is 644 g/mol. The number of furan rings is 1. The molecule has 0 unspecified atom stereocenters. The van der Waals surface area contributed by atoms with Crippen molar-refractivity contribution in [1.82, 2.24) is 14.5 Å². The fourth-order valence-electron chi connectivity index (χ4n) is 7.67. The molecule has 5 heteroatoms. The second kappa shape index (κ2) is 10.1. The maximum atomic E-state index is 6.80. The molecule has 4 aromatic heterocycles. The van der Waals surface area contributed by atoms with E-state index < -0.39 is 0 Å². The van der Waals surface area contributed by atoms with E-state index in [-0.39, 0.29) is 0 Å². The van der Waals surface area contributed by atoms with E-state index in [1.54, 1.807) is 0 Å². The van der Waals surface area contributed by atoms with E-state index in [4.69, 9.17) is 14.4 Å². The van der Waals surface area contributed by atoms with Gasteiger partial charge in [-0.05, 0) is 36.4 Å². The zero-order valence-corrected chi connectivity index (χ0v) is 26.9. The van der Waals surface area contributed by atoms with E-state index in [0.717, 1.165) is 72.2 Å². The fraction of sp³-hybridized carbons (Fsp3) is 0. The molecule has 0 amide bonds. The van der Waals surface area contributed by atoms with E-state index in [1.807, 2.05) is 35.6 Å². The van der Waals surface area contributed by atoms with Gasteiger partial charge >= 0.3 is 0 Å². The van der Waals surface area contributed by atoms with Crippen LogP contribution in [0.5, 0.6) is 0 Å². The number of thiophene rings is 1. The van der Waals surface area contributed by atoms with Crippen molar-refractivity contribution in [3.63, 3.8) is 0 Å². The molecule has 0 atom stereocenters. The molecule has 49 heavy (non-hydrogen) atoms. The van der Waals surface area contributed by atoms with Crippen LogP contribution >= 0.6 is 11.3 Å². The van der Waals surface area contributed by atoms with Crippen molar-refractivity contribution in [1.29, 1.82) is 0 Å². The van der Waals surface area contributed by atoms with Crippen molar-refractivity contribution in [2.45, 2.75) is 0 Å². The Morgan fingerprint density at radius 3 is 2.06 bits per heavy atom. The highest BCUT2D eigenvalue weighted by molar-refractivity contribution is 7.27. The van der Waals surface area contributed by atoms with Crippen LogP contribution in [0.3, 0.4) is 0 Å². The molecule has 0 bridgehead atoms. The highest BCUT2D eigenvalue weighted by Gasteiger charge is 2.25. The van der Waals surface area contributed by atoms with Crippen LogP contribution < -0.4 is 0 Å². The van der Waals surface area contributed by atoms with Gasteiger partial charge in [-0.3, -0.25) is 0 Å². The van der Waals surface area contributed by atoms with Crippen LogP contribution in [0.25, 0.3) is 103 Å². The molecule has 0 aliphatic heterocycles. The van der Waals surface area contributed by atoms with Crippen LogP contribution in [-0.4, -0.2) is 14.5 Å². The number of hydrogen-bond acceptors (Lipinski definition) is 4. The van der Waals surface area contributed by atoms with Gasteiger partial charge in [0.15, 0.2) is 5.82 Å². The Balaban J connectivity index is 1.31. The second-order valence-electron chi connectivity index (χ2n) is 12.5. The second-order valence-corrected chi connectivity index (χ2v) is 13.6. The smallest absolute Gasteiger partial charge is 0.160 e. The predicted molar refractivity (Wildman–Crippen MR) is 205 cm³/mol. The minimum absolute atomic E-state index is 0.718. The molecule has 4 heterocycles. The van der Waals surface area contributed by atoms with Crippen LogP contribution in [0, 0.1) is 0 Å². The lowest BCUT2D eigenvalue weighted by Crippen LogP contribution is -1.98. The van der Waals surface area contributed by atoms with Crippen molar-refractivity contribution >= 4 is 86.2 Å². The summed E-state index contributed by atoms with van der Waals surface area (Å²) in [5.74, 6) is 0.718. The van der Waals surface area contributed by atoms with Gasteiger partial charge in [-0.15, -0.1) is 11.3 Å². The quantitative estimate of drug-likeness (QED) is 0.192. The number of para-hydroxylation sites is 2. The van der Waals surface area contributed by atoms with E-state index in [1.165, 1.54) is 30.9 Å². The summed E-state index contributed by atoms with van der Waals surface area (Å²) in [6.45, 7) is 0. The summed E-state index contributed by atoms with van der Waals surface area (Å²) in [5, 5.41) is 8.15. The van der Waals surface area contributed by atoms with Crippen molar-refractivity contribution < 1.29 is 4.42 Å². The van der Waals surface area contributed by atoms with Crippen molar-refractivity contribution in [2.75, 3.05) is 0 Å². The highest BCUT2D eigenvalue weighted by Crippen LogP contribution is 2.50. The van der Waals surface area contributed by atoms with Gasteiger partial charge in [0.2, 0.25) is 0 Å². The Kier molecular flexibility index (Phi) is 5.51. The van der Waals surface area contributed by atoms with Gasteiger partial charge < -0.3 is 8.98 Å². The first-order chi connectivity index (χ1) is 24.3. The summed E-state index contributed by atoms with van der Waals surface area (Å²) < 4.78 is 11.7. The summed E-state index contributed by atoms with van der Waals surface area (Å²) in [7, 11) is 0. The molecule has 4 nitrogen and oxygen atoms in total. The SMILES string of the molecule is c1ccc(-c2nc(-c3ccccc3)c3cc(-n4c5ccccc5c5c6sc7ccccc7c6c6oc7ccccc7c6c54)ccc3n2)cc1. The number of benzene rings is 7. The normalized spacial score (nSPS) is 12.1. The van der Waals surface area contributed by atoms with Crippen LogP contribution in [0.15, 0.2) is 156 Å². The van der Waals surface area contributed by atoms with Gasteiger partial charge in [-0.2, -0.15) is 0 Å². The lowest BCUT2D eigenvalue weighted by Gasteiger charge is -2.13. The molecule has 0 spiro atoms. The molecule has 0 aliphatic carbocycles. The van der Waals surface area contributed by atoms with Crippen molar-refractivity contribution in [2.24, 2.45) is 0 Å². The molecule has 11 aromatic rings. The standard InChI is InChI=1S/C44H25N3OS/c1-3-13-26(14-4-1)40-32-25-28(23-24-33(32)45-44(46-40)27-15-5-2-6-16-27)47-34-20-10-7-17-29(34)38-41(47)37-30-18-8-11-21-35(30)48-42(37)39-31-19-9-12-22-36(31)49-43(38)39/h1-25H. The minimum atomic E-state index is 0.718. The van der Waals surface area contributed by atoms with Gasteiger partial charge in [0, 0.05) is 58.5 Å². The minimum Gasteiger partial charge on any atom is -0.455 e. The van der Waals surface area contributed by atoms with Gasteiger partial charge in [0.1, 0.15) is 11.2 Å². The number of rotatable bonds is 3. The molecule has 228 valence electrons. The maximum absolute atomic E-state index is 6.80. The fourth-order valence-corrected chi connectivity index (χ4v) is 8.93. The Morgan fingerprint density at radius 2 is 1.22 bits per heavy atom. The van der Waals surface area contributed by atoms with Crippen molar-refractivity contribution in [3.8, 4) is 28.3 Å². The largest absolute Gasteiger partial charge is 0.455 e. The third kappa shape index (κ3) is 3.79. The molecular weight excluding hydrogens is 619 g/mol. The first kappa shape index (κ1) is 26.7. The third-order valence-electron chi connectivity index (χ3n) is 9.77. The first-order valence-electron chi connectivity index (χ1n) is 16.4. The van der Waals surface area contributed by atoms with Crippen molar-refractivity contribution in [3.05, 3.63) is 152 Å². The molecule has 0 aliphatic rings. The first-order valence-corrected chi connectivity index (χ1v) is 17.2. The van der Waals surface area contributed by atoms with Crippen LogP contribution in [0.1, 0.15) is 0 Å². The number of nitrogens with zero attached hydrogens (tertiary/aromatic N) is 3. The molecule has 0 saturated heterocycles. The number of hydrogen-bond donors (Lipinski definition) is 0. The molecule has 11 rings (SSSR count). The van der Waals surface area contributed by atoms with E-state index >= 15 is 0 Å². The zero-order chi connectivity index (χ0) is 32.1. The Labute approximate surface area is 284 Å². The molecule has 0 N–H and O–H groups in total. The molecule has 0 radical (unpaired) electrons. The summed E-state index contributed by atoms with van der Waals surface area (Å²) in [6, 6.07) is 53.2. The van der Waals surface area contributed by atoms with Gasteiger partial charge in [0.05, 0.1) is 27.6 Å². The summed E-state index contributed by atoms with van der Waals surface area (Å²) >= 11 is 1.85. The summed E-state index contributed by atoms with van der Waals surface area (Å²) in [4.78, 5) is 10.3. The van der Waals surface area contributed by atoms with Gasteiger partial charge in [-0.25, -0.2) is 9.97 Å². The lowest BCUT2D eigenvalue weighted by molar-refractivity contribution is 0.673. The summed E-state index contributed by atoms with van der Waals surface area (Å²) in [6.07, 6.45) is 0. The highest BCUT2D eigenvalue weighted by atomic mass is 32.1. The van der Waals surface area contributed by atoms with Crippen LogP contribution in [0.2, 0.25) is 0 Å². The van der Waals surface area contributed by atoms with Crippen LogP contribution in [-0.2, 0) is 0 Å². The molecule has 0 saturated carbocycles. The Morgan fingerprint density at radius 1 is 0.531 bits per heavy atom. The molecule has 7 aromatic carbocycles. The molecule has 0 fully saturated rings. The molecular formula is C44H25N3OS. The number of aromatic nitrogens is 3. The Bertz CT molecular complexity index is 3070. The van der Waals surface area contributed by atoms with E-state index in [9.17, 15) is 0 Å². The zero-order valence-electron chi connectivity index (χ0n) is 26.1. The van der Waals surface area contributed by atoms with Crippen LogP contribution in [0.4, 0.5) is 0 Å². The van der Waals surface area contributed by atoms with Gasteiger partial charge in [-0.1, -0.05) is 115 Å². The lowest BCUT2D eigenvalue weighted by atomic mass is 10.0. The maximum Gasteiger partial charge on any atom is 0.160 e. The summed E-state index contributed by atoms with van der Waals surface area (Å²) in [5.41, 5.74) is 9.06. The van der Waals surface area contributed by atoms with E-state index in [2.05, 4.69) is 132 Å². The topological polar surface area (TPSA) is 43.9 Å². The Hall–Kier alpha value is -6.30.